The van der Waals surface area contributed by atoms with E-state index in [4.69, 9.17) is 12.2 Å². The summed E-state index contributed by atoms with van der Waals surface area (Å²) in [5.74, 6) is 0. The fourth-order valence-corrected chi connectivity index (χ4v) is 1.59. The number of hydrogen-bond acceptors (Lipinski definition) is 2. The summed E-state index contributed by atoms with van der Waals surface area (Å²) in [6, 6.07) is 2.03. The molecule has 0 amide bonds. The maximum Gasteiger partial charge on any atom is 0.0767 e. The van der Waals surface area contributed by atoms with Gasteiger partial charge in [-0.25, -0.2) is 4.68 Å². The summed E-state index contributed by atoms with van der Waals surface area (Å²) in [7, 11) is 0.900. The molecule has 0 aromatic carbocycles. The van der Waals surface area contributed by atoms with Crippen LogP contribution < -0.4 is 0 Å². The first kappa shape index (κ1) is 7.62. The Kier molecular flexibility index (Phi) is 2.01. The summed E-state index contributed by atoms with van der Waals surface area (Å²) in [4.78, 5) is 0. The molecule has 0 spiro atoms. The molecule has 0 N–H and O–H groups in total. The van der Waals surface area contributed by atoms with Crippen LogP contribution in [0.5, 0.6) is 0 Å². The lowest BCUT2D eigenvalue weighted by atomic mass is 10.4. The first-order chi connectivity index (χ1) is 4.61. The van der Waals surface area contributed by atoms with E-state index in [1.54, 1.807) is 0 Å². The predicted molar refractivity (Wildman–Crippen MR) is 49.6 cm³/mol. The maximum atomic E-state index is 5.03. The summed E-state index contributed by atoms with van der Waals surface area (Å²) >= 11 is 5.03. The minimum Gasteiger partial charge on any atom is -0.237 e. The molecule has 0 atom stereocenters. The lowest BCUT2D eigenvalue weighted by Crippen LogP contribution is -2.11. The summed E-state index contributed by atoms with van der Waals surface area (Å²) in [6.45, 7) is 3.99. The lowest BCUT2D eigenvalue weighted by Gasteiger charge is -1.97. The second-order valence-corrected chi connectivity index (χ2v) is 4.62. The van der Waals surface area contributed by atoms with Crippen LogP contribution >= 0.6 is 12.2 Å². The van der Waals surface area contributed by atoms with Gasteiger partial charge in [-0.2, -0.15) is 5.10 Å². The summed E-state index contributed by atoms with van der Waals surface area (Å²) < 4.78 is 2.77. The molecule has 0 saturated heterocycles. The second-order valence-electron chi connectivity index (χ2n) is 2.36. The summed E-state index contributed by atoms with van der Waals surface area (Å²) in [5, 5.41) is 4.22. The molecule has 2 nitrogen and oxygen atoms in total. The average molecular weight is 170 g/mol. The largest absolute Gasteiger partial charge is 0.237 e. The molecule has 0 aliphatic rings. The fourth-order valence-electron chi connectivity index (χ4n) is 0.948. The van der Waals surface area contributed by atoms with Gasteiger partial charge < -0.3 is 0 Å². The fraction of sp³-hybridized carbons (Fsp3) is 0.333. The van der Waals surface area contributed by atoms with Crippen molar-refractivity contribution in [1.29, 1.82) is 0 Å². The highest BCUT2D eigenvalue weighted by atomic mass is 32.1. The predicted octanol–water partition coefficient (Wildman–Crippen LogP) is -0.00166. The van der Waals surface area contributed by atoms with Gasteiger partial charge in [-0.1, -0.05) is 12.2 Å². The van der Waals surface area contributed by atoms with E-state index < -0.39 is 0 Å². The van der Waals surface area contributed by atoms with Crippen molar-refractivity contribution in [3.05, 3.63) is 17.5 Å². The van der Waals surface area contributed by atoms with Gasteiger partial charge in [-0.3, -0.25) is 0 Å². The molecule has 0 aliphatic heterocycles. The third kappa shape index (κ3) is 1.33. The molecule has 54 valence electrons. The summed E-state index contributed by atoms with van der Waals surface area (Å²) in [5.41, 5.74) is 2.17. The molecule has 1 heterocycles. The molecule has 0 bridgehead atoms. The van der Waals surface area contributed by atoms with Gasteiger partial charge in [0.2, 0.25) is 0 Å². The van der Waals surface area contributed by atoms with Gasteiger partial charge in [0, 0.05) is 5.69 Å². The highest BCUT2D eigenvalue weighted by Crippen LogP contribution is 2.00. The molecule has 1 aromatic rings. The maximum absolute atomic E-state index is 5.03. The zero-order valence-electron chi connectivity index (χ0n) is 6.38. The highest BCUT2D eigenvalue weighted by Gasteiger charge is 1.99. The van der Waals surface area contributed by atoms with Crippen molar-refractivity contribution in [3.8, 4) is 0 Å². The Hall–Kier alpha value is -0.483. The monoisotopic (exact) mass is 170 g/mol. The molecule has 0 fully saturated rings. The van der Waals surface area contributed by atoms with E-state index in [9.17, 15) is 0 Å². The number of nitrogens with zero attached hydrogens (tertiary/aromatic N) is 2. The SMILES string of the molecule is Cc1cc(C)n(C([SiH3])=S)n1. The van der Waals surface area contributed by atoms with Crippen LogP contribution in [0.2, 0.25) is 0 Å². The number of thiocarbonyl (C=S) groups is 1. The van der Waals surface area contributed by atoms with Crippen LogP contribution in [0, 0.1) is 13.8 Å². The van der Waals surface area contributed by atoms with Crippen LogP contribution in [0.15, 0.2) is 6.07 Å². The first-order valence-electron chi connectivity index (χ1n) is 3.15. The second kappa shape index (κ2) is 2.63. The van der Waals surface area contributed by atoms with Crippen molar-refractivity contribution < 1.29 is 0 Å². The van der Waals surface area contributed by atoms with Gasteiger partial charge in [-0.15, -0.1) is 0 Å². The van der Waals surface area contributed by atoms with E-state index in [1.807, 2.05) is 24.6 Å². The van der Waals surface area contributed by atoms with Gasteiger partial charge in [0.05, 0.1) is 20.5 Å². The highest BCUT2D eigenvalue weighted by molar-refractivity contribution is 7.82. The van der Waals surface area contributed by atoms with Crippen molar-refractivity contribution in [1.82, 2.24) is 9.78 Å². The van der Waals surface area contributed by atoms with Crippen LogP contribution in [0.4, 0.5) is 0 Å². The number of rotatable bonds is 0. The molecule has 0 aliphatic carbocycles. The Bertz CT molecular complexity index is 267. The smallest absolute Gasteiger partial charge is 0.0767 e. The molecule has 0 radical (unpaired) electrons. The van der Waals surface area contributed by atoms with E-state index >= 15 is 0 Å². The van der Waals surface area contributed by atoms with Crippen molar-refractivity contribution in [2.45, 2.75) is 13.8 Å². The Balaban J connectivity index is 3.15. The van der Waals surface area contributed by atoms with Crippen LogP contribution in [-0.4, -0.2) is 24.6 Å². The van der Waals surface area contributed by atoms with Crippen LogP contribution in [0.25, 0.3) is 0 Å². The molecular formula is C6H10N2SSi. The molecule has 4 heteroatoms. The van der Waals surface area contributed by atoms with Crippen LogP contribution in [0.1, 0.15) is 11.4 Å². The molecular weight excluding hydrogens is 160 g/mol. The first-order valence-corrected chi connectivity index (χ1v) is 4.56. The zero-order valence-corrected chi connectivity index (χ0v) is 9.20. The number of aryl methyl sites for hydroxylation is 2. The van der Waals surface area contributed by atoms with Crippen LogP contribution in [-0.2, 0) is 0 Å². The van der Waals surface area contributed by atoms with Crippen molar-refractivity contribution in [3.63, 3.8) is 0 Å². The number of hydrogen-bond donors (Lipinski definition) is 0. The Labute approximate surface area is 68.7 Å². The molecule has 0 saturated carbocycles. The quantitative estimate of drug-likeness (QED) is 0.403. The molecule has 0 unspecified atom stereocenters. The summed E-state index contributed by atoms with van der Waals surface area (Å²) in [6.07, 6.45) is 0. The average Bonchev–Trinajstić information content (AvgIpc) is 2.10. The molecule has 10 heavy (non-hydrogen) atoms. The lowest BCUT2D eigenvalue weighted by molar-refractivity contribution is 0.905. The molecule has 1 aromatic heterocycles. The molecule has 1 rings (SSSR count). The van der Waals surface area contributed by atoms with Gasteiger partial charge in [0.25, 0.3) is 0 Å². The van der Waals surface area contributed by atoms with E-state index in [1.165, 1.54) is 0 Å². The zero-order chi connectivity index (χ0) is 7.72. The third-order valence-corrected chi connectivity index (χ3v) is 1.90. The van der Waals surface area contributed by atoms with Gasteiger partial charge in [0.15, 0.2) is 0 Å². The topological polar surface area (TPSA) is 17.8 Å². The van der Waals surface area contributed by atoms with Crippen LogP contribution in [0.3, 0.4) is 0 Å². The van der Waals surface area contributed by atoms with Crippen molar-refractivity contribution in [2.24, 2.45) is 0 Å². The minimum atomic E-state index is 0.900. The van der Waals surface area contributed by atoms with E-state index in [0.717, 1.165) is 26.2 Å². The van der Waals surface area contributed by atoms with E-state index in [2.05, 4.69) is 5.10 Å². The third-order valence-electron chi connectivity index (χ3n) is 1.31. The van der Waals surface area contributed by atoms with E-state index in [0.29, 0.717) is 0 Å². The number of aromatic nitrogens is 2. The van der Waals surface area contributed by atoms with E-state index in [-0.39, 0.29) is 0 Å². The van der Waals surface area contributed by atoms with Crippen molar-refractivity contribution in [2.75, 3.05) is 0 Å². The Morgan fingerprint density at radius 3 is 2.50 bits per heavy atom. The Morgan fingerprint density at radius 1 is 1.70 bits per heavy atom. The van der Waals surface area contributed by atoms with Gasteiger partial charge >= 0.3 is 0 Å². The van der Waals surface area contributed by atoms with Gasteiger partial charge in [-0.05, 0) is 19.9 Å². The normalized spacial score (nSPS) is 10.2. The van der Waals surface area contributed by atoms with Gasteiger partial charge in [0.1, 0.15) is 0 Å². The van der Waals surface area contributed by atoms with Crippen molar-refractivity contribution >= 4 is 27.1 Å². The minimum absolute atomic E-state index is 0.900. The Morgan fingerprint density at radius 2 is 2.30 bits per heavy atom. The standard InChI is InChI=1S/C6H10N2SSi/c1-4-3-5(2)8(7-4)6(9)10/h3H,1-2,10H3.